The lowest BCUT2D eigenvalue weighted by atomic mass is 10.1. The third-order valence-corrected chi connectivity index (χ3v) is 8.11. The van der Waals surface area contributed by atoms with Gasteiger partial charge < -0.3 is 4.74 Å². The van der Waals surface area contributed by atoms with Gasteiger partial charge in [0.1, 0.15) is 28.8 Å². The lowest BCUT2D eigenvalue weighted by molar-refractivity contribution is 0.483. The van der Waals surface area contributed by atoms with Gasteiger partial charge in [-0.05, 0) is 60.7 Å². The summed E-state index contributed by atoms with van der Waals surface area (Å²) in [5.41, 5.74) is 4.98. The number of ether oxygens (including phenoxy) is 1. The van der Waals surface area contributed by atoms with Crippen molar-refractivity contribution in [3.63, 3.8) is 0 Å². The Balaban J connectivity index is 1.14. The van der Waals surface area contributed by atoms with Crippen molar-refractivity contribution < 1.29 is 4.74 Å². The molecule has 0 aliphatic heterocycles. The number of pyridine rings is 2. The molecule has 9 rings (SSSR count). The van der Waals surface area contributed by atoms with Gasteiger partial charge in [0.15, 0.2) is 0 Å². The van der Waals surface area contributed by atoms with Gasteiger partial charge in [-0.3, -0.25) is 9.13 Å². The minimum absolute atomic E-state index is 0.712. The zero-order valence-electron chi connectivity index (χ0n) is 23.4. The third kappa shape index (κ3) is 3.73. The Morgan fingerprint density at radius 1 is 0.477 bits per heavy atom. The van der Waals surface area contributed by atoms with Crippen LogP contribution >= 0.6 is 0 Å². The third-order valence-electron chi connectivity index (χ3n) is 8.11. The molecule has 208 valence electrons. The van der Waals surface area contributed by atoms with Crippen LogP contribution in [0.2, 0.25) is 0 Å². The summed E-state index contributed by atoms with van der Waals surface area (Å²) in [4.78, 5) is 9.39. The Morgan fingerprint density at radius 2 is 1.20 bits per heavy atom. The molecular formula is C37H24N6O. The summed E-state index contributed by atoms with van der Waals surface area (Å²) in [5, 5.41) is 9.29. The number of fused-ring (bicyclic) bond motifs is 6. The Hall–Kier alpha value is -6.21. The SMILES string of the molecule is c1ccc(-n2c3ccccc3c3ccc(Oc4cccc(-n5nccc5-n5c6ccccc6c6cccnc65)c4)cc32)nc1. The van der Waals surface area contributed by atoms with Crippen LogP contribution in [0.1, 0.15) is 0 Å². The molecule has 5 aromatic heterocycles. The maximum atomic E-state index is 6.49. The van der Waals surface area contributed by atoms with E-state index in [0.717, 1.165) is 61.4 Å². The van der Waals surface area contributed by atoms with Gasteiger partial charge in [-0.1, -0.05) is 48.5 Å². The fraction of sp³-hybridized carbons (Fsp3) is 0. The van der Waals surface area contributed by atoms with Crippen molar-refractivity contribution >= 4 is 43.7 Å². The number of para-hydroxylation sites is 2. The van der Waals surface area contributed by atoms with Gasteiger partial charge >= 0.3 is 0 Å². The maximum absolute atomic E-state index is 6.49. The number of benzene rings is 4. The largest absolute Gasteiger partial charge is 0.457 e. The predicted molar refractivity (Wildman–Crippen MR) is 174 cm³/mol. The highest BCUT2D eigenvalue weighted by Gasteiger charge is 2.17. The van der Waals surface area contributed by atoms with Crippen LogP contribution in [0.5, 0.6) is 11.5 Å². The highest BCUT2D eigenvalue weighted by Crippen LogP contribution is 2.36. The first-order chi connectivity index (χ1) is 21.8. The van der Waals surface area contributed by atoms with Crippen LogP contribution in [0, 0.1) is 0 Å². The van der Waals surface area contributed by atoms with Crippen LogP contribution in [-0.4, -0.2) is 28.9 Å². The lowest BCUT2D eigenvalue weighted by Crippen LogP contribution is -2.06. The maximum Gasteiger partial charge on any atom is 0.146 e. The van der Waals surface area contributed by atoms with Crippen LogP contribution < -0.4 is 4.74 Å². The summed E-state index contributed by atoms with van der Waals surface area (Å²) in [6, 6.07) is 43.1. The molecule has 0 bridgehead atoms. The quantitative estimate of drug-likeness (QED) is 0.208. The van der Waals surface area contributed by atoms with Crippen molar-refractivity contribution in [2.45, 2.75) is 0 Å². The Bertz CT molecular complexity index is 2430. The van der Waals surface area contributed by atoms with E-state index >= 15 is 0 Å². The summed E-state index contributed by atoms with van der Waals surface area (Å²) in [5.74, 6) is 3.21. The van der Waals surface area contributed by atoms with E-state index in [-0.39, 0.29) is 0 Å². The summed E-state index contributed by atoms with van der Waals surface area (Å²) in [6.45, 7) is 0. The van der Waals surface area contributed by atoms with Gasteiger partial charge in [0.05, 0.1) is 28.4 Å². The second kappa shape index (κ2) is 9.68. The van der Waals surface area contributed by atoms with Crippen LogP contribution in [0.15, 0.2) is 146 Å². The van der Waals surface area contributed by atoms with E-state index in [1.165, 1.54) is 5.39 Å². The van der Waals surface area contributed by atoms with Gasteiger partial charge in [0.2, 0.25) is 0 Å². The molecule has 0 saturated heterocycles. The molecule has 4 aromatic carbocycles. The molecule has 44 heavy (non-hydrogen) atoms. The molecule has 7 heteroatoms. The first kappa shape index (κ1) is 24.4. The van der Waals surface area contributed by atoms with Gasteiger partial charge in [0.25, 0.3) is 0 Å². The number of rotatable bonds is 5. The number of hydrogen-bond acceptors (Lipinski definition) is 4. The molecule has 0 spiro atoms. The number of aromatic nitrogens is 6. The van der Waals surface area contributed by atoms with E-state index in [1.54, 1.807) is 0 Å². The molecule has 7 nitrogen and oxygen atoms in total. The Labute approximate surface area is 251 Å². The Kier molecular flexibility index (Phi) is 5.36. The van der Waals surface area contributed by atoms with Crippen LogP contribution in [0.4, 0.5) is 0 Å². The van der Waals surface area contributed by atoms with Gasteiger partial charge in [-0.25, -0.2) is 14.6 Å². The van der Waals surface area contributed by atoms with E-state index in [0.29, 0.717) is 5.75 Å². The summed E-state index contributed by atoms with van der Waals surface area (Å²) < 4.78 is 12.8. The second-order valence-corrected chi connectivity index (χ2v) is 10.6. The molecule has 0 atom stereocenters. The van der Waals surface area contributed by atoms with Crippen molar-refractivity contribution in [1.82, 2.24) is 28.9 Å². The Morgan fingerprint density at radius 3 is 2.07 bits per heavy atom. The van der Waals surface area contributed by atoms with Crippen molar-refractivity contribution in [1.29, 1.82) is 0 Å². The summed E-state index contributed by atoms with van der Waals surface area (Å²) >= 11 is 0. The minimum atomic E-state index is 0.712. The summed E-state index contributed by atoms with van der Waals surface area (Å²) in [7, 11) is 0. The highest BCUT2D eigenvalue weighted by molar-refractivity contribution is 6.09. The molecule has 0 aliphatic rings. The van der Waals surface area contributed by atoms with Crippen molar-refractivity contribution in [2.24, 2.45) is 0 Å². The van der Waals surface area contributed by atoms with E-state index < -0.39 is 0 Å². The fourth-order valence-corrected chi connectivity index (χ4v) is 6.25. The molecule has 0 N–H and O–H groups in total. The highest BCUT2D eigenvalue weighted by atomic mass is 16.5. The molecule has 0 aliphatic carbocycles. The molecule has 0 unspecified atom stereocenters. The van der Waals surface area contributed by atoms with E-state index in [9.17, 15) is 0 Å². The van der Waals surface area contributed by atoms with E-state index in [4.69, 9.17) is 14.8 Å². The summed E-state index contributed by atoms with van der Waals surface area (Å²) in [6.07, 6.45) is 5.47. The molecule has 5 heterocycles. The second-order valence-electron chi connectivity index (χ2n) is 10.6. The molecular weight excluding hydrogens is 544 g/mol. The average Bonchev–Trinajstić information content (AvgIpc) is 3.78. The van der Waals surface area contributed by atoms with E-state index in [2.05, 4.69) is 80.8 Å². The van der Waals surface area contributed by atoms with Crippen molar-refractivity contribution in [3.05, 3.63) is 146 Å². The average molecular weight is 569 g/mol. The zero-order chi connectivity index (χ0) is 29.0. The van der Waals surface area contributed by atoms with Crippen molar-refractivity contribution in [2.75, 3.05) is 0 Å². The zero-order valence-corrected chi connectivity index (χ0v) is 23.4. The van der Waals surface area contributed by atoms with Gasteiger partial charge in [-0.2, -0.15) is 5.10 Å². The minimum Gasteiger partial charge on any atom is -0.457 e. The van der Waals surface area contributed by atoms with E-state index in [1.807, 2.05) is 83.9 Å². The molecule has 0 radical (unpaired) electrons. The molecule has 0 amide bonds. The molecule has 0 fully saturated rings. The standard InChI is InChI=1S/C37H24N6O/c1-3-14-32-28(11-1)30-18-17-27(24-34(30)41(32)35-16-5-6-20-38-35)44-26-10-7-9-25(23-26)43-36(19-22-40-43)42-33-15-4-2-12-29(33)31-13-8-21-39-37(31)42/h1-24H. The van der Waals surface area contributed by atoms with Crippen molar-refractivity contribution in [3.8, 4) is 28.8 Å². The first-order valence-corrected chi connectivity index (χ1v) is 14.4. The lowest BCUT2D eigenvalue weighted by Gasteiger charge is -2.13. The number of hydrogen-bond donors (Lipinski definition) is 0. The first-order valence-electron chi connectivity index (χ1n) is 14.4. The topological polar surface area (TPSA) is 62.7 Å². The van der Waals surface area contributed by atoms with Crippen LogP contribution in [0.3, 0.4) is 0 Å². The molecule has 9 aromatic rings. The van der Waals surface area contributed by atoms with Gasteiger partial charge in [0, 0.05) is 52.1 Å². The normalized spacial score (nSPS) is 11.6. The van der Waals surface area contributed by atoms with Crippen LogP contribution in [0.25, 0.3) is 61.1 Å². The van der Waals surface area contributed by atoms with Gasteiger partial charge in [-0.15, -0.1) is 0 Å². The fourth-order valence-electron chi connectivity index (χ4n) is 6.25. The smallest absolute Gasteiger partial charge is 0.146 e. The predicted octanol–water partition coefficient (Wildman–Crippen LogP) is 8.65. The number of nitrogens with zero attached hydrogens (tertiary/aromatic N) is 6. The van der Waals surface area contributed by atoms with Crippen LogP contribution in [-0.2, 0) is 0 Å². The molecule has 0 saturated carbocycles. The monoisotopic (exact) mass is 568 g/mol.